The van der Waals surface area contributed by atoms with E-state index < -0.39 is 0 Å². The van der Waals surface area contributed by atoms with Crippen LogP contribution in [0.4, 0.5) is 6.01 Å². The van der Waals surface area contributed by atoms with Crippen molar-refractivity contribution in [2.24, 2.45) is 0 Å². The van der Waals surface area contributed by atoms with Crippen molar-refractivity contribution in [1.82, 2.24) is 10.3 Å². The van der Waals surface area contributed by atoms with Crippen molar-refractivity contribution >= 4 is 6.01 Å². The third kappa shape index (κ3) is 4.21. The van der Waals surface area contributed by atoms with E-state index in [1.54, 1.807) is 13.4 Å². The second-order valence-electron chi connectivity index (χ2n) is 5.22. The van der Waals surface area contributed by atoms with E-state index in [1.165, 1.54) is 12.8 Å². The van der Waals surface area contributed by atoms with Crippen molar-refractivity contribution in [1.29, 1.82) is 0 Å². The number of aromatic nitrogens is 1. The van der Waals surface area contributed by atoms with E-state index in [1.807, 2.05) is 0 Å². The van der Waals surface area contributed by atoms with E-state index in [0.29, 0.717) is 24.7 Å². The molecule has 0 aliphatic heterocycles. The standard InChI is InChI=1S/C14H25N3O2/c1-4-11(2)17(7-8-18-3)14-16-13(10-19-14)9-15-12-5-6-12/h10-12,15H,4-9H2,1-3H3. The molecular weight excluding hydrogens is 242 g/mol. The van der Waals surface area contributed by atoms with E-state index in [0.717, 1.165) is 25.2 Å². The largest absolute Gasteiger partial charge is 0.432 e. The summed E-state index contributed by atoms with van der Waals surface area (Å²) >= 11 is 0. The first-order valence-corrected chi connectivity index (χ1v) is 7.18. The van der Waals surface area contributed by atoms with Crippen LogP contribution in [0.3, 0.4) is 0 Å². The molecule has 1 aromatic heterocycles. The van der Waals surface area contributed by atoms with Crippen LogP contribution in [-0.4, -0.2) is 37.3 Å². The number of hydrogen-bond acceptors (Lipinski definition) is 5. The van der Waals surface area contributed by atoms with Gasteiger partial charge in [-0.1, -0.05) is 6.92 Å². The fourth-order valence-corrected chi connectivity index (χ4v) is 1.96. The number of methoxy groups -OCH3 is 1. The molecular formula is C14H25N3O2. The van der Waals surface area contributed by atoms with Crippen LogP contribution in [-0.2, 0) is 11.3 Å². The van der Waals surface area contributed by atoms with Gasteiger partial charge in [0, 0.05) is 32.3 Å². The lowest BCUT2D eigenvalue weighted by Gasteiger charge is -2.26. The first-order valence-electron chi connectivity index (χ1n) is 7.18. The van der Waals surface area contributed by atoms with E-state index in [2.05, 4.69) is 29.0 Å². The van der Waals surface area contributed by atoms with Crippen LogP contribution in [0, 0.1) is 0 Å². The quantitative estimate of drug-likeness (QED) is 0.743. The molecule has 1 aliphatic rings. The van der Waals surface area contributed by atoms with Gasteiger partial charge in [-0.15, -0.1) is 0 Å². The number of oxazole rings is 1. The summed E-state index contributed by atoms with van der Waals surface area (Å²) in [5.41, 5.74) is 0.979. The molecule has 5 nitrogen and oxygen atoms in total. The number of anilines is 1. The fourth-order valence-electron chi connectivity index (χ4n) is 1.96. The van der Waals surface area contributed by atoms with Crippen LogP contribution < -0.4 is 10.2 Å². The number of ether oxygens (including phenoxy) is 1. The van der Waals surface area contributed by atoms with Crippen LogP contribution in [0.25, 0.3) is 0 Å². The Morgan fingerprint density at radius 1 is 1.58 bits per heavy atom. The lowest BCUT2D eigenvalue weighted by atomic mass is 10.2. The molecule has 0 aromatic carbocycles. The smallest absolute Gasteiger partial charge is 0.297 e. The average Bonchev–Trinajstić information content (AvgIpc) is 3.15. The normalized spacial score (nSPS) is 16.6. The van der Waals surface area contributed by atoms with Gasteiger partial charge in [0.1, 0.15) is 6.26 Å². The highest BCUT2D eigenvalue weighted by Crippen LogP contribution is 2.21. The Bertz CT molecular complexity index is 377. The van der Waals surface area contributed by atoms with Crippen molar-refractivity contribution in [3.63, 3.8) is 0 Å². The van der Waals surface area contributed by atoms with Gasteiger partial charge in [-0.3, -0.25) is 0 Å². The monoisotopic (exact) mass is 267 g/mol. The maximum Gasteiger partial charge on any atom is 0.297 e. The van der Waals surface area contributed by atoms with E-state index in [4.69, 9.17) is 9.15 Å². The summed E-state index contributed by atoms with van der Waals surface area (Å²) in [6.07, 6.45) is 5.39. The predicted octanol–water partition coefficient (Wildman–Crippen LogP) is 2.18. The minimum absolute atomic E-state index is 0.401. The van der Waals surface area contributed by atoms with Gasteiger partial charge in [0.25, 0.3) is 6.01 Å². The predicted molar refractivity (Wildman–Crippen MR) is 75.3 cm³/mol. The van der Waals surface area contributed by atoms with Crippen molar-refractivity contribution in [3.8, 4) is 0 Å². The van der Waals surface area contributed by atoms with E-state index >= 15 is 0 Å². The van der Waals surface area contributed by atoms with Gasteiger partial charge in [-0.25, -0.2) is 0 Å². The Hall–Kier alpha value is -1.07. The highest BCUT2D eigenvalue weighted by molar-refractivity contribution is 5.28. The van der Waals surface area contributed by atoms with Crippen LogP contribution in [0.15, 0.2) is 10.7 Å². The number of hydrogen-bond donors (Lipinski definition) is 1. The highest BCUT2D eigenvalue weighted by atomic mass is 16.5. The molecule has 0 spiro atoms. The van der Waals surface area contributed by atoms with Gasteiger partial charge in [0.05, 0.1) is 12.3 Å². The molecule has 1 N–H and O–H groups in total. The maximum absolute atomic E-state index is 5.62. The lowest BCUT2D eigenvalue weighted by molar-refractivity contribution is 0.201. The van der Waals surface area contributed by atoms with E-state index in [-0.39, 0.29) is 0 Å². The van der Waals surface area contributed by atoms with Crippen molar-refractivity contribution in [2.45, 2.75) is 51.7 Å². The maximum atomic E-state index is 5.62. The summed E-state index contributed by atoms with van der Waals surface area (Å²) in [5.74, 6) is 0. The Morgan fingerprint density at radius 2 is 2.37 bits per heavy atom. The molecule has 1 unspecified atom stereocenters. The molecule has 19 heavy (non-hydrogen) atoms. The molecule has 0 radical (unpaired) electrons. The summed E-state index contributed by atoms with van der Waals surface area (Å²) in [6, 6.07) is 1.80. The van der Waals surface area contributed by atoms with Crippen LogP contribution in [0.5, 0.6) is 0 Å². The zero-order valence-corrected chi connectivity index (χ0v) is 12.2. The van der Waals surface area contributed by atoms with E-state index in [9.17, 15) is 0 Å². The first-order chi connectivity index (χ1) is 9.24. The Labute approximate surface area is 115 Å². The third-order valence-corrected chi connectivity index (χ3v) is 3.59. The number of nitrogens with one attached hydrogen (secondary N) is 1. The van der Waals surface area contributed by atoms with Gasteiger partial charge in [0.2, 0.25) is 0 Å². The molecule has 108 valence electrons. The van der Waals surface area contributed by atoms with Gasteiger partial charge in [0.15, 0.2) is 0 Å². The lowest BCUT2D eigenvalue weighted by Crippen LogP contribution is -2.35. The molecule has 5 heteroatoms. The van der Waals surface area contributed by atoms with Crippen LogP contribution >= 0.6 is 0 Å². The topological polar surface area (TPSA) is 50.5 Å². The number of nitrogens with zero attached hydrogens (tertiary/aromatic N) is 2. The van der Waals surface area contributed by atoms with Gasteiger partial charge >= 0.3 is 0 Å². The average molecular weight is 267 g/mol. The molecule has 2 rings (SSSR count). The molecule has 0 bridgehead atoms. The Morgan fingerprint density at radius 3 is 3.00 bits per heavy atom. The summed E-state index contributed by atoms with van der Waals surface area (Å²) in [5, 5.41) is 3.45. The third-order valence-electron chi connectivity index (χ3n) is 3.59. The highest BCUT2D eigenvalue weighted by Gasteiger charge is 2.22. The SMILES string of the molecule is CCC(C)N(CCOC)c1nc(CNC2CC2)co1. The number of rotatable bonds is 9. The summed E-state index contributed by atoms with van der Waals surface area (Å²) in [4.78, 5) is 6.74. The van der Waals surface area contributed by atoms with Gasteiger partial charge < -0.3 is 19.4 Å². The van der Waals surface area contributed by atoms with Crippen molar-refractivity contribution < 1.29 is 9.15 Å². The summed E-state index contributed by atoms with van der Waals surface area (Å²) < 4.78 is 10.8. The summed E-state index contributed by atoms with van der Waals surface area (Å²) in [7, 11) is 1.72. The van der Waals surface area contributed by atoms with Gasteiger partial charge in [-0.05, 0) is 26.2 Å². The van der Waals surface area contributed by atoms with Crippen LogP contribution in [0.2, 0.25) is 0 Å². The minimum Gasteiger partial charge on any atom is -0.432 e. The molecule has 1 heterocycles. The summed E-state index contributed by atoms with van der Waals surface area (Å²) in [6.45, 7) is 6.64. The van der Waals surface area contributed by atoms with Gasteiger partial charge in [-0.2, -0.15) is 4.98 Å². The first kappa shape index (κ1) is 14.3. The molecule has 0 saturated heterocycles. The molecule has 1 saturated carbocycles. The second kappa shape index (κ2) is 6.91. The molecule has 1 atom stereocenters. The van der Waals surface area contributed by atoms with Crippen molar-refractivity contribution in [3.05, 3.63) is 12.0 Å². The minimum atomic E-state index is 0.401. The zero-order valence-electron chi connectivity index (χ0n) is 12.2. The Kier molecular flexibility index (Phi) is 5.22. The van der Waals surface area contributed by atoms with Crippen LogP contribution in [0.1, 0.15) is 38.8 Å². The fraction of sp³-hybridized carbons (Fsp3) is 0.786. The molecule has 1 fully saturated rings. The molecule has 0 amide bonds. The second-order valence-corrected chi connectivity index (χ2v) is 5.22. The molecule has 1 aromatic rings. The van der Waals surface area contributed by atoms with Crippen molar-refractivity contribution in [2.75, 3.05) is 25.2 Å². The Balaban J connectivity index is 1.94. The zero-order chi connectivity index (χ0) is 13.7. The molecule has 1 aliphatic carbocycles.